The third-order valence-corrected chi connectivity index (χ3v) is 59.5. The molecule has 0 fully saturated rings. The van der Waals surface area contributed by atoms with Crippen LogP contribution in [-0.2, 0) is 32.1 Å². The van der Waals surface area contributed by atoms with Crippen molar-refractivity contribution in [3.63, 3.8) is 0 Å². The molecule has 10 aromatic heterocycles. The van der Waals surface area contributed by atoms with Gasteiger partial charge in [0.05, 0.1) is 0 Å². The predicted molar refractivity (Wildman–Crippen MR) is 705 cm³/mol. The summed E-state index contributed by atoms with van der Waals surface area (Å²) in [4.78, 5) is 0. The second-order valence-corrected chi connectivity index (χ2v) is 98.7. The van der Waals surface area contributed by atoms with E-state index in [9.17, 15) is 0 Å². The zero-order valence-corrected chi connectivity index (χ0v) is 120. The van der Waals surface area contributed by atoms with Crippen molar-refractivity contribution >= 4 is 304 Å². The number of fused-ring (bicyclic) bond motifs is 12. The van der Waals surface area contributed by atoms with E-state index in [2.05, 4.69) is 517 Å². The van der Waals surface area contributed by atoms with E-state index in [0.29, 0.717) is 172 Å². The number of benzene rings is 11. The second-order valence-electron chi connectivity index (χ2n) is 52.2. The van der Waals surface area contributed by atoms with Crippen LogP contribution in [0.4, 0.5) is 0 Å². The summed E-state index contributed by atoms with van der Waals surface area (Å²) in [5.74, 6) is 0. The SMILES string of the molecule is Cc1[se]c2cc([Si](C)(C)C)ccc2c1C.Cc1[se]c2ccc(CC(C)(C)C)cc2c1C.Cc1[se]c2ccc(CC(C)(C)C)cc2c1C.Cc1[se]c2ccc([Si](C)(C)C)cc2c1C.Cc1[se]c2ccccc2c1C.Cc1cc2cc(CC(C)(C)C)ccc2[se]1.Cc1cc2cc([Si](C)(C)C)ccc2[se]1.Cc1cc2ccc(CC(C)(C)C)cc2[se]1.Cc1cc2ccc([Si](C)(C)C)cc2[se]1.Cc1cccc2c1[se]c1ccc(CC(C)(C)C)cc12. The van der Waals surface area contributed by atoms with Gasteiger partial charge in [-0.1, -0.05) is 0 Å². The van der Waals surface area contributed by atoms with Gasteiger partial charge in [0.15, 0.2) is 0 Å². The fourth-order valence-corrected chi connectivity index (χ4v) is 45.6. The van der Waals surface area contributed by atoms with Crippen LogP contribution in [-0.4, -0.2) is 177 Å². The van der Waals surface area contributed by atoms with Crippen LogP contribution in [0.2, 0.25) is 78.6 Å². The molecule has 794 valence electrons. The average Bonchev–Trinajstić information content (AvgIpc) is 1.62. The van der Waals surface area contributed by atoms with Gasteiger partial charge in [0.2, 0.25) is 0 Å². The molecule has 0 nitrogen and oxygen atoms in total. The molecule has 0 amide bonds. The van der Waals surface area contributed by atoms with Crippen molar-refractivity contribution in [1.82, 2.24) is 0 Å². The van der Waals surface area contributed by atoms with Gasteiger partial charge in [0.1, 0.15) is 0 Å². The zero-order valence-electron chi connectivity index (χ0n) is 99.1. The van der Waals surface area contributed by atoms with Crippen LogP contribution in [0.25, 0.3) is 106 Å². The van der Waals surface area contributed by atoms with Crippen molar-refractivity contribution in [2.24, 2.45) is 27.1 Å². The summed E-state index contributed by atoms with van der Waals surface area (Å²) in [5.41, 5.74) is 18.3. The summed E-state index contributed by atoms with van der Waals surface area (Å²) in [6, 6.07) is 88.6. The molecule has 0 aliphatic rings. The van der Waals surface area contributed by atoms with E-state index in [4.69, 9.17) is 0 Å². The number of hydrogen-bond donors (Lipinski definition) is 0. The van der Waals surface area contributed by atoms with Crippen molar-refractivity contribution < 1.29 is 0 Å². The zero-order chi connectivity index (χ0) is 111. The summed E-state index contributed by atoms with van der Waals surface area (Å²) >= 11 is 5.85. The monoisotopic (exact) mass is 2720 g/mol. The Hall–Kier alpha value is -4.86. The molecule has 0 saturated carbocycles. The van der Waals surface area contributed by atoms with Crippen molar-refractivity contribution in [1.29, 1.82) is 0 Å². The molecule has 0 N–H and O–H groups in total. The molecular formula is C136H174Se10Si4. The van der Waals surface area contributed by atoms with Gasteiger partial charge >= 0.3 is 981 Å². The molecule has 0 atom stereocenters. The fourth-order valence-electron chi connectivity index (χ4n) is 19.0. The van der Waals surface area contributed by atoms with Crippen LogP contribution >= 0.6 is 0 Å². The first-order valence-corrected chi connectivity index (χ1v) is 85.0. The number of rotatable bonds is 9. The van der Waals surface area contributed by atoms with Gasteiger partial charge in [-0.05, 0) is 0 Å². The molecule has 11 aromatic carbocycles. The van der Waals surface area contributed by atoms with Gasteiger partial charge in [-0.3, -0.25) is 0 Å². The molecule has 0 aliphatic carbocycles. The topological polar surface area (TPSA) is 0 Å². The summed E-state index contributed by atoms with van der Waals surface area (Å²) in [5, 5.41) is 22.7. The minimum absolute atomic E-state index is 0.355. The standard InChI is InChI=1S/C18H20Se.2C15H20Se.2C14H18Se.2C13H18SeSi.2C12H16SeSi.C10H10Se/c1-12-6-5-7-14-15-10-13(11-18(2,3)4)8-9-16(15)19-17(12)14;2*1-10-11(2)16-14-7-6-12(8-13(10)14)9-15(3,4)5;1-10-7-12-8-11(9-14(2,3)4)5-6-13(12)15-10;1-10-7-12-6-5-11(8-13(12)15-10)9-14(2,3)4;1-9-10(2)14-13-7-6-11(8-12(9)13)15(3,4)5;1-9-10(2)14-13-8-11(15(3,4)5)6-7-12(9)13;1-9-7-10-8-11(14(2,3)4)5-6-12(10)13-9;1-9-7-10-5-6-11(14(2,3)4)8-12(10)13-9;1-7-8(2)11-10-6-4-3-5-9(7)10/h5-10H,11H2,1-4H3;2*6-8H,9H2,1-5H3;2*5-8H,9H2,1-4H3;2*6-8H,1-5H3;2*5-8H,1-4H3;3-6H,1-2H3. The summed E-state index contributed by atoms with van der Waals surface area (Å²) in [6.45, 7) is 97.4. The molecule has 21 rings (SSSR count). The Labute approximate surface area is 970 Å². The van der Waals surface area contributed by atoms with Crippen molar-refractivity contribution in [2.75, 3.05) is 0 Å². The summed E-state index contributed by atoms with van der Waals surface area (Å²) in [6.07, 6.45) is 5.82. The Morgan fingerprint density at radius 3 is 0.860 bits per heavy atom. The van der Waals surface area contributed by atoms with E-state index >= 15 is 0 Å². The quantitative estimate of drug-likeness (QED) is 0.126. The third kappa shape index (κ3) is 35.3. The first-order valence-electron chi connectivity index (χ1n) is 53.9. The van der Waals surface area contributed by atoms with Crippen LogP contribution in [0, 0.1) is 131 Å². The maximum absolute atomic E-state index is 2.47. The molecule has 10 heterocycles. The van der Waals surface area contributed by atoms with Crippen molar-refractivity contribution in [3.05, 3.63) is 332 Å². The molecular weight excluding hydrogens is 2540 g/mol. The Bertz CT molecular complexity index is 7930. The molecule has 0 radical (unpaired) electrons. The van der Waals surface area contributed by atoms with E-state index in [1.165, 1.54) is 146 Å². The first kappa shape index (κ1) is 124. The number of hydrogen-bond acceptors (Lipinski definition) is 0. The van der Waals surface area contributed by atoms with Gasteiger partial charge in [0.25, 0.3) is 0 Å². The van der Waals surface area contributed by atoms with Crippen LogP contribution in [0.5, 0.6) is 0 Å². The van der Waals surface area contributed by atoms with Crippen molar-refractivity contribution in [2.45, 2.75) is 318 Å². The van der Waals surface area contributed by atoms with Gasteiger partial charge < -0.3 is 0 Å². The van der Waals surface area contributed by atoms with E-state index in [-0.39, 0.29) is 0 Å². The van der Waals surface area contributed by atoms with Gasteiger partial charge in [0, 0.05) is 0 Å². The van der Waals surface area contributed by atoms with Gasteiger partial charge in [-0.25, -0.2) is 0 Å². The molecule has 150 heavy (non-hydrogen) atoms. The normalized spacial score (nSPS) is 12.2. The average molecular weight is 2710 g/mol. The maximum atomic E-state index is 2.47. The Morgan fingerprint density at radius 2 is 0.447 bits per heavy atom. The van der Waals surface area contributed by atoms with Crippen molar-refractivity contribution in [3.8, 4) is 0 Å². The number of aryl methyl sites for hydroxylation is 15. The Morgan fingerprint density at radius 1 is 0.180 bits per heavy atom. The molecule has 0 unspecified atom stereocenters. The Kier molecular flexibility index (Phi) is 42.2. The predicted octanol–water partition coefficient (Wildman–Crippen LogP) is 34.9. The molecule has 14 heteroatoms. The van der Waals surface area contributed by atoms with Gasteiger partial charge in [-0.15, -0.1) is 0 Å². The third-order valence-electron chi connectivity index (χ3n) is 27.5. The minimum atomic E-state index is -1.14. The second kappa shape index (κ2) is 51.2. The van der Waals surface area contributed by atoms with Crippen LogP contribution in [0.15, 0.2) is 231 Å². The first-order chi connectivity index (χ1) is 69.6. The molecule has 0 aliphatic heterocycles. The van der Waals surface area contributed by atoms with E-state index in [0.717, 1.165) is 6.42 Å². The van der Waals surface area contributed by atoms with Crippen LogP contribution in [0.3, 0.4) is 0 Å². The Balaban J connectivity index is 0.000000148. The summed E-state index contributed by atoms with van der Waals surface area (Å²) in [7, 11) is -4.50. The molecule has 0 bridgehead atoms. The van der Waals surface area contributed by atoms with E-state index in [1.54, 1.807) is 108 Å². The van der Waals surface area contributed by atoms with Crippen LogP contribution in [0.1, 0.15) is 205 Å². The van der Waals surface area contributed by atoms with Gasteiger partial charge in [-0.2, -0.15) is 0 Å². The molecule has 0 spiro atoms. The molecule has 0 saturated heterocycles. The fraction of sp³-hybridized carbons (Fsp3) is 0.382. The van der Waals surface area contributed by atoms with E-state index in [1.807, 2.05) is 0 Å². The molecule has 21 aromatic rings. The van der Waals surface area contributed by atoms with Crippen LogP contribution < -0.4 is 20.7 Å². The van der Waals surface area contributed by atoms with E-state index < -0.39 is 32.3 Å². The summed E-state index contributed by atoms with van der Waals surface area (Å²) < 4.78 is 31.5.